The average Bonchev–Trinajstić information content (AvgIpc) is 3.81. The lowest BCUT2D eigenvalue weighted by Crippen LogP contribution is -2.37. The minimum Gasteiger partial charge on any atom is -0.365 e. The first kappa shape index (κ1) is 32.3. The Kier molecular flexibility index (Phi) is 8.36. The Bertz CT molecular complexity index is 1850. The van der Waals surface area contributed by atoms with Crippen molar-refractivity contribution >= 4 is 54.5 Å². The fourth-order valence-corrected chi connectivity index (χ4v) is 8.47. The number of fused-ring (bicyclic) bond motifs is 10. The summed E-state index contributed by atoms with van der Waals surface area (Å²) < 4.78 is 81.5. The van der Waals surface area contributed by atoms with Crippen LogP contribution in [0.3, 0.4) is 0 Å². The number of anilines is 1. The minimum atomic E-state index is -5.06. The van der Waals surface area contributed by atoms with Crippen molar-refractivity contribution in [2.75, 3.05) is 25.1 Å². The summed E-state index contributed by atoms with van der Waals surface area (Å²) in [4.78, 5) is 47.6. The second-order valence-electron chi connectivity index (χ2n) is 11.3. The second kappa shape index (κ2) is 12.4. The van der Waals surface area contributed by atoms with Crippen LogP contribution in [-0.4, -0.2) is 105 Å². The predicted molar refractivity (Wildman–Crippen MR) is 162 cm³/mol. The largest absolute Gasteiger partial charge is 0.472 e. The number of halogens is 2. The summed E-state index contributed by atoms with van der Waals surface area (Å²) in [7, 11) is -5.06. The van der Waals surface area contributed by atoms with Gasteiger partial charge in [0.15, 0.2) is 47.4 Å². The predicted octanol–water partition coefficient (Wildman–Crippen LogP) is 2.19. The molecule has 3 N–H and O–H groups in total. The number of phosphoric ester groups is 1. The van der Waals surface area contributed by atoms with E-state index in [0.717, 1.165) is 0 Å². The van der Waals surface area contributed by atoms with Crippen molar-refractivity contribution in [2.45, 2.75) is 62.1 Å². The van der Waals surface area contributed by atoms with E-state index in [-0.39, 0.29) is 11.3 Å². The van der Waals surface area contributed by atoms with Crippen LogP contribution in [0.5, 0.6) is 0 Å². The van der Waals surface area contributed by atoms with Crippen LogP contribution in [0.2, 0.25) is 0 Å². The Morgan fingerprint density at radius 3 is 2.19 bits per heavy atom. The van der Waals surface area contributed by atoms with Gasteiger partial charge in [-0.05, 0) is 24.6 Å². The molecule has 0 aliphatic carbocycles. The van der Waals surface area contributed by atoms with Crippen LogP contribution in [0.4, 0.5) is 14.6 Å². The standard InChI is InChI=1S/C25H27F2N9O9P2S/c26-15-19-14-7-41-47(39,48)45-20-13(6-40-46(37,38)44-19)42-25(16(20)27)36-11-34-18-21(30-9-32-23(18)36)28-5-3-1-2-4-12-17-22(31-8-29-12)35(10-33-17)24(15)43-14/h1,3,8-11,13-16,19-20,24-25H,2,4-7H2,(H,37,38)(H,39,48)(H,28,30,32)/b3-1+/t13-,14-,15-,16-,19?,20?,24-,25-,47?/m1/s1. The molecule has 9 rings (SSSR count). The van der Waals surface area contributed by atoms with Gasteiger partial charge in [0.1, 0.15) is 42.6 Å². The van der Waals surface area contributed by atoms with Crippen molar-refractivity contribution in [3.05, 3.63) is 43.2 Å². The molecule has 4 unspecified atom stereocenters. The van der Waals surface area contributed by atoms with Gasteiger partial charge in [0.25, 0.3) is 0 Å². The smallest absolute Gasteiger partial charge is 0.365 e. The zero-order chi connectivity index (χ0) is 33.2. The Labute approximate surface area is 274 Å². The maximum Gasteiger partial charge on any atom is 0.472 e. The maximum atomic E-state index is 16.2. The van der Waals surface area contributed by atoms with Gasteiger partial charge in [-0.3, -0.25) is 22.7 Å². The molecule has 3 fully saturated rings. The van der Waals surface area contributed by atoms with Crippen molar-refractivity contribution in [1.29, 1.82) is 0 Å². The van der Waals surface area contributed by atoms with Crippen molar-refractivity contribution in [1.82, 2.24) is 39.0 Å². The number of phosphoric acid groups is 1. The molecule has 48 heavy (non-hydrogen) atoms. The molecule has 256 valence electrons. The molecule has 10 atom stereocenters. The quantitative estimate of drug-likeness (QED) is 0.175. The highest BCUT2D eigenvalue weighted by Gasteiger charge is 2.54. The zero-order valence-electron chi connectivity index (χ0n) is 24.5. The molecule has 3 saturated heterocycles. The molecule has 18 nitrogen and oxygen atoms in total. The van der Waals surface area contributed by atoms with Gasteiger partial charge in [-0.1, -0.05) is 12.2 Å². The van der Waals surface area contributed by atoms with E-state index in [2.05, 4.69) is 35.2 Å². The van der Waals surface area contributed by atoms with Crippen LogP contribution < -0.4 is 5.32 Å². The number of nitrogens with one attached hydrogen (secondary N) is 1. The molecule has 5 aliphatic heterocycles. The van der Waals surface area contributed by atoms with Crippen LogP contribution in [0.25, 0.3) is 22.3 Å². The van der Waals surface area contributed by atoms with E-state index in [1.165, 1.54) is 34.4 Å². The third-order valence-electron chi connectivity index (χ3n) is 8.29. The number of allylic oxidation sites excluding steroid dienone is 1. The van der Waals surface area contributed by atoms with E-state index in [1.54, 1.807) is 0 Å². The van der Waals surface area contributed by atoms with Crippen molar-refractivity contribution in [3.8, 4) is 0 Å². The summed E-state index contributed by atoms with van der Waals surface area (Å²) in [5.74, 6) is 0.375. The SMILES string of the molecule is O=P1(O)OC[C@H]2O[C@@H]3[C@H](F)C2OP(O)(=S)OC[C@H]2O[C@H]([C@H](F)C2O1)n1cnc2c(ncnc21)CC/C=C/CNc1ncnc2c1ncn23. The number of aryl methyl sites for hydroxylation is 1. The van der Waals surface area contributed by atoms with Crippen LogP contribution in [0.1, 0.15) is 24.6 Å². The molecular formula is C25H27F2N9O9P2S. The summed E-state index contributed by atoms with van der Waals surface area (Å²) in [6.45, 7) is -5.35. The number of rotatable bonds is 0. The first-order valence-electron chi connectivity index (χ1n) is 14.7. The van der Waals surface area contributed by atoms with E-state index in [1.807, 2.05) is 12.2 Å². The van der Waals surface area contributed by atoms with Gasteiger partial charge in [-0.15, -0.1) is 0 Å². The Morgan fingerprint density at radius 1 is 0.833 bits per heavy atom. The monoisotopic (exact) mass is 729 g/mol. The number of ether oxygens (including phenoxy) is 2. The van der Waals surface area contributed by atoms with Crippen LogP contribution in [-0.2, 0) is 50.4 Å². The van der Waals surface area contributed by atoms with Gasteiger partial charge in [0, 0.05) is 6.54 Å². The van der Waals surface area contributed by atoms with Crippen LogP contribution in [0.15, 0.2) is 37.5 Å². The molecule has 4 aromatic heterocycles. The van der Waals surface area contributed by atoms with Crippen LogP contribution in [0, 0.1) is 0 Å². The summed E-state index contributed by atoms with van der Waals surface area (Å²) in [6.07, 6.45) is -3.20. The van der Waals surface area contributed by atoms with Crippen LogP contribution >= 0.6 is 14.5 Å². The zero-order valence-corrected chi connectivity index (χ0v) is 27.1. The number of imidazole rings is 2. The number of hydrogen-bond acceptors (Lipinski definition) is 15. The lowest BCUT2D eigenvalue weighted by Gasteiger charge is -2.28. The lowest BCUT2D eigenvalue weighted by molar-refractivity contribution is -0.0623. The van der Waals surface area contributed by atoms with Gasteiger partial charge in [0.2, 0.25) is 0 Å². The van der Waals surface area contributed by atoms with E-state index in [9.17, 15) is 14.4 Å². The number of alkyl halides is 2. The lowest BCUT2D eigenvalue weighted by atomic mass is 10.1. The van der Waals surface area contributed by atoms with E-state index < -0.39 is 77.0 Å². The molecule has 14 bridgehead atoms. The molecule has 5 aliphatic rings. The molecule has 0 amide bonds. The van der Waals surface area contributed by atoms with Gasteiger partial charge in [0.05, 0.1) is 31.6 Å². The first-order valence-corrected chi connectivity index (χ1v) is 18.8. The number of nitrogens with zero attached hydrogens (tertiary/aromatic N) is 8. The molecule has 23 heteroatoms. The van der Waals surface area contributed by atoms with Gasteiger partial charge < -0.3 is 29.1 Å². The highest BCUT2D eigenvalue weighted by atomic mass is 32.5. The highest BCUT2D eigenvalue weighted by molar-refractivity contribution is 8.07. The van der Waals surface area contributed by atoms with Gasteiger partial charge >= 0.3 is 14.5 Å². The molecule has 0 spiro atoms. The summed E-state index contributed by atoms with van der Waals surface area (Å²) >= 11 is 5.19. The molecule has 4 aromatic rings. The van der Waals surface area contributed by atoms with Gasteiger partial charge in [-0.2, -0.15) is 0 Å². The number of aromatic nitrogens is 8. The fourth-order valence-electron chi connectivity index (χ4n) is 6.07. The summed E-state index contributed by atoms with van der Waals surface area (Å²) in [5, 5.41) is 3.16. The Morgan fingerprint density at radius 2 is 1.46 bits per heavy atom. The van der Waals surface area contributed by atoms with Crippen molar-refractivity contribution in [2.24, 2.45) is 0 Å². The third-order valence-corrected chi connectivity index (χ3v) is 10.8. The van der Waals surface area contributed by atoms with E-state index in [0.29, 0.717) is 41.9 Å². The average molecular weight is 730 g/mol. The van der Waals surface area contributed by atoms with E-state index >= 15 is 8.78 Å². The highest BCUT2D eigenvalue weighted by Crippen LogP contribution is 2.54. The normalized spacial score (nSPS) is 38.2. The molecule has 0 saturated carbocycles. The first-order chi connectivity index (χ1) is 23.1. The Hall–Kier alpha value is -2.94. The fraction of sp³-hybridized carbons (Fsp3) is 0.520. The summed E-state index contributed by atoms with van der Waals surface area (Å²) in [6, 6.07) is 0. The Balaban J connectivity index is 1.21. The van der Waals surface area contributed by atoms with Crippen molar-refractivity contribution < 1.29 is 50.7 Å². The topological polar surface area (TPSA) is 212 Å². The second-order valence-corrected chi connectivity index (χ2v) is 15.5. The van der Waals surface area contributed by atoms with Gasteiger partial charge in [-0.25, -0.2) is 43.2 Å². The number of hydrogen-bond donors (Lipinski definition) is 3. The molecule has 0 aromatic carbocycles. The van der Waals surface area contributed by atoms with E-state index in [4.69, 9.17) is 39.4 Å². The summed E-state index contributed by atoms with van der Waals surface area (Å²) in [5.41, 5.74) is 1.76. The molecule has 9 heterocycles. The minimum absolute atomic E-state index is 0.202. The van der Waals surface area contributed by atoms with Crippen molar-refractivity contribution in [3.63, 3.8) is 0 Å². The molecule has 0 radical (unpaired) electrons. The third kappa shape index (κ3) is 5.86. The maximum absolute atomic E-state index is 16.2. The molecular weight excluding hydrogens is 702 g/mol.